The third kappa shape index (κ3) is 23.7. The molecule has 0 N–H and O–H groups in total. The summed E-state index contributed by atoms with van der Waals surface area (Å²) >= 11 is 7.13. The van der Waals surface area contributed by atoms with Gasteiger partial charge in [-0.25, -0.2) is 19.9 Å². The van der Waals surface area contributed by atoms with Crippen LogP contribution in [0.3, 0.4) is 0 Å². The monoisotopic (exact) mass is 1330 g/mol. The number of hydrogen-bond acceptors (Lipinski definition) is 11. The van der Waals surface area contributed by atoms with Crippen LogP contribution in [0.1, 0.15) is 116 Å². The first-order valence-corrected chi connectivity index (χ1v) is 46.9. The molecule has 4 aromatic rings. The van der Waals surface area contributed by atoms with E-state index in [0.29, 0.717) is 63.8 Å². The minimum Gasteiger partial charge on any atom is -0.373 e. The van der Waals surface area contributed by atoms with E-state index in [4.69, 9.17) is 33.2 Å². The molecule has 7 aliphatic rings. The molecule has 0 unspecified atom stereocenters. The molecular formula is C61H102Br2N8O7Si4. The zero-order valence-electron chi connectivity index (χ0n) is 52.4. The molecule has 3 aliphatic heterocycles. The third-order valence-corrected chi connectivity index (χ3v) is 23.3. The molecule has 4 saturated carbocycles. The van der Waals surface area contributed by atoms with E-state index in [1.807, 2.05) is 25.3 Å². The van der Waals surface area contributed by atoms with Crippen molar-refractivity contribution in [2.75, 3.05) is 66.1 Å². The fourth-order valence-corrected chi connectivity index (χ4v) is 13.4. The van der Waals surface area contributed by atoms with Crippen molar-refractivity contribution < 1.29 is 33.2 Å². The number of hydrogen-bond donors (Lipinski definition) is 0. The largest absolute Gasteiger partial charge is 0.373 e. The molecule has 0 radical (unpaired) electrons. The van der Waals surface area contributed by atoms with Gasteiger partial charge in [-0.15, -0.1) is 0 Å². The molecule has 15 nitrogen and oxygen atoms in total. The fourth-order valence-electron chi connectivity index (χ4n) is 9.11. The van der Waals surface area contributed by atoms with Crippen LogP contribution in [-0.4, -0.2) is 137 Å². The van der Waals surface area contributed by atoms with Crippen LogP contribution in [0.25, 0.3) is 11.1 Å². The molecule has 0 bridgehead atoms. The van der Waals surface area contributed by atoms with Crippen molar-refractivity contribution in [3.05, 3.63) is 92.5 Å². The highest BCUT2D eigenvalue weighted by Crippen LogP contribution is 2.45. The van der Waals surface area contributed by atoms with Crippen LogP contribution in [-0.2, 0) is 60.1 Å². The Morgan fingerprint density at radius 1 is 0.451 bits per heavy atom. The van der Waals surface area contributed by atoms with Crippen LogP contribution in [0.4, 0.5) is 0 Å². The summed E-state index contributed by atoms with van der Waals surface area (Å²) in [6.45, 7) is 41.1. The summed E-state index contributed by atoms with van der Waals surface area (Å²) in [7, 11) is -3.97. The van der Waals surface area contributed by atoms with Gasteiger partial charge in [-0.2, -0.15) is 0 Å². The second-order valence-electron chi connectivity index (χ2n) is 28.2. The first-order chi connectivity index (χ1) is 38.9. The summed E-state index contributed by atoms with van der Waals surface area (Å²) in [5.41, 5.74) is 11.4. The van der Waals surface area contributed by atoms with Crippen molar-refractivity contribution in [2.24, 2.45) is 0 Å². The molecule has 458 valence electrons. The van der Waals surface area contributed by atoms with Gasteiger partial charge in [-0.1, -0.05) is 96.8 Å². The predicted molar refractivity (Wildman–Crippen MR) is 351 cm³/mol. The summed E-state index contributed by atoms with van der Waals surface area (Å²) in [6, 6.07) is 4.86. The van der Waals surface area contributed by atoms with E-state index in [1.54, 1.807) is 0 Å². The maximum Gasteiger partial charge on any atom is 0.127 e. The van der Waals surface area contributed by atoms with Crippen LogP contribution in [0.2, 0.25) is 103 Å². The molecule has 4 aliphatic carbocycles. The van der Waals surface area contributed by atoms with E-state index in [1.165, 1.54) is 121 Å². The number of nitrogens with zero attached hydrogens (tertiary/aromatic N) is 8. The maximum absolute atomic E-state index is 5.90. The van der Waals surface area contributed by atoms with Crippen LogP contribution in [0, 0.1) is 0 Å². The first-order valence-electron chi connectivity index (χ1n) is 30.5. The van der Waals surface area contributed by atoms with Crippen molar-refractivity contribution in [3.8, 4) is 0 Å². The zero-order valence-corrected chi connectivity index (χ0v) is 59.6. The Balaban J connectivity index is 0.000000153. The molecule has 4 fully saturated rings. The Hall–Kier alpha value is -2.39. The average Bonchev–Trinajstić information content (AvgIpc) is 4.43. The molecule has 0 spiro atoms. The highest BCUT2D eigenvalue weighted by atomic mass is 79.9. The SMILES string of the molecule is CC1=CCOC1.C[Si](C)(C)CCOCn1cnc(Br)c1C1CC1.C[Si](C)(C)CCOCn1cnc(C2=CCOC2)c1C1CC1.C[Si](C)(C)CCOCn1cnc(C2CC2)c1Br.C[Si](C)(C)CCOCn1cnc(C2CC2)c1C1=CCOC1. The predicted octanol–water partition coefficient (Wildman–Crippen LogP) is 15.6. The Bertz CT molecular complexity index is 2690. The lowest BCUT2D eigenvalue weighted by Crippen LogP contribution is -2.22. The van der Waals surface area contributed by atoms with Gasteiger partial charge < -0.3 is 51.4 Å². The van der Waals surface area contributed by atoms with Crippen LogP contribution >= 0.6 is 31.9 Å². The van der Waals surface area contributed by atoms with E-state index in [2.05, 4.69) is 174 Å². The summed E-state index contributed by atoms with van der Waals surface area (Å²) in [5, 5.41) is 0. The smallest absolute Gasteiger partial charge is 0.127 e. The first kappa shape index (κ1) is 67.1. The average molecular weight is 1330 g/mol. The molecule has 7 heterocycles. The lowest BCUT2D eigenvalue weighted by molar-refractivity contribution is 0.0851. The Morgan fingerprint density at radius 3 is 1.28 bits per heavy atom. The zero-order chi connectivity index (χ0) is 59.1. The van der Waals surface area contributed by atoms with Crippen molar-refractivity contribution in [1.29, 1.82) is 0 Å². The minimum absolute atomic E-state index is 0.608. The summed E-state index contributed by atoms with van der Waals surface area (Å²) in [4.78, 5) is 18.0. The molecule has 0 atom stereocenters. The number of rotatable bonds is 26. The Labute approximate surface area is 513 Å². The van der Waals surface area contributed by atoms with Gasteiger partial charge in [0.2, 0.25) is 0 Å². The van der Waals surface area contributed by atoms with Gasteiger partial charge >= 0.3 is 0 Å². The van der Waals surface area contributed by atoms with Crippen LogP contribution < -0.4 is 0 Å². The highest BCUT2D eigenvalue weighted by molar-refractivity contribution is 9.10. The number of imidazole rings is 4. The summed E-state index contributed by atoms with van der Waals surface area (Å²) < 4.78 is 49.8. The number of ether oxygens (including phenoxy) is 7. The maximum atomic E-state index is 5.90. The van der Waals surface area contributed by atoms with E-state index in [0.717, 1.165) is 67.8 Å². The van der Waals surface area contributed by atoms with Gasteiger partial charge in [0.15, 0.2) is 0 Å². The van der Waals surface area contributed by atoms with Crippen LogP contribution in [0.5, 0.6) is 0 Å². The molecular weight excluding hydrogens is 1230 g/mol. The number of aromatic nitrogens is 8. The molecule has 82 heavy (non-hydrogen) atoms. The van der Waals surface area contributed by atoms with Crippen molar-refractivity contribution in [1.82, 2.24) is 38.2 Å². The van der Waals surface area contributed by atoms with Crippen molar-refractivity contribution >= 4 is 75.3 Å². The molecule has 0 saturated heterocycles. The summed E-state index contributed by atoms with van der Waals surface area (Å²) in [6.07, 6.45) is 24.3. The van der Waals surface area contributed by atoms with E-state index >= 15 is 0 Å². The number of halogens is 2. The molecule has 21 heteroatoms. The Morgan fingerprint density at radius 2 is 0.841 bits per heavy atom. The highest BCUT2D eigenvalue weighted by Gasteiger charge is 2.34. The van der Waals surface area contributed by atoms with Gasteiger partial charge in [0.05, 0.1) is 99.1 Å². The molecule has 0 aromatic carbocycles. The lowest BCUT2D eigenvalue weighted by Gasteiger charge is -2.16. The standard InChI is InChI=1S/2C16H26N2O2Si.2C12H21BrN2OSi.C5H8O/c1-21(2,3)9-8-20-12-18-11-17-15(14-6-7-19-10-14)16(18)13-4-5-13;1-21(2,3)9-8-20-12-18-11-17-15(13-4-5-13)16(18)14-6-7-19-10-14;1-17(2,3)7-6-16-9-15-8-14-12(13)11(15)10-4-5-10;1-17(2,3)7-6-16-9-15-8-14-11(12(15)13)10-4-5-10;1-5-2-3-6-4-5/h2*6,11,13H,4-5,7-10,12H2,1-3H3;2*8,10H,4-7,9H2,1-3H3;2H,3-4H2,1H3. The van der Waals surface area contributed by atoms with Gasteiger partial charge in [-0.05, 0) is 120 Å². The van der Waals surface area contributed by atoms with Gasteiger partial charge in [0.1, 0.15) is 36.1 Å². The van der Waals surface area contributed by atoms with E-state index < -0.39 is 32.3 Å². The quantitative estimate of drug-likeness (QED) is 0.0338. The second-order valence-corrected chi connectivity index (χ2v) is 52.2. The normalized spacial score (nSPS) is 18.2. The minimum atomic E-state index is -1.02. The summed E-state index contributed by atoms with van der Waals surface area (Å²) in [5.74, 6) is 2.72. The second kappa shape index (κ2) is 31.5. The molecule has 4 aromatic heterocycles. The third-order valence-electron chi connectivity index (χ3n) is 15.0. The van der Waals surface area contributed by atoms with E-state index in [-0.39, 0.29) is 0 Å². The fraction of sp³-hybridized carbons (Fsp3) is 0.705. The van der Waals surface area contributed by atoms with Gasteiger partial charge in [0.25, 0.3) is 0 Å². The van der Waals surface area contributed by atoms with Crippen LogP contribution in [0.15, 0.2) is 58.3 Å². The van der Waals surface area contributed by atoms with Gasteiger partial charge in [-0.3, -0.25) is 0 Å². The van der Waals surface area contributed by atoms with E-state index in [9.17, 15) is 0 Å². The molecule has 11 rings (SSSR count). The lowest BCUT2D eigenvalue weighted by atomic mass is 10.1. The van der Waals surface area contributed by atoms with Crippen molar-refractivity contribution in [3.63, 3.8) is 0 Å². The van der Waals surface area contributed by atoms with Gasteiger partial charge in [0, 0.05) is 93.5 Å². The Kier molecular flexibility index (Phi) is 25.8. The molecule has 0 amide bonds. The topological polar surface area (TPSA) is 136 Å². The van der Waals surface area contributed by atoms with Crippen molar-refractivity contribution in [2.45, 2.75) is 212 Å².